The van der Waals surface area contributed by atoms with Gasteiger partial charge in [-0.2, -0.15) is 0 Å². The lowest BCUT2D eigenvalue weighted by atomic mass is 9.99. The normalized spacial score (nSPS) is 12.3. The zero-order valence-corrected chi connectivity index (χ0v) is 16.3. The fourth-order valence-corrected chi connectivity index (χ4v) is 3.54. The van der Waals surface area contributed by atoms with Gasteiger partial charge >= 0.3 is 5.69 Å². The first-order valence-electron chi connectivity index (χ1n) is 9.23. The van der Waals surface area contributed by atoms with Crippen LogP contribution in [-0.2, 0) is 7.05 Å². The average molecular weight is 403 g/mol. The highest BCUT2D eigenvalue weighted by Gasteiger charge is 2.19. The summed E-state index contributed by atoms with van der Waals surface area (Å²) in [5, 5.41) is 0.327. The summed E-state index contributed by atoms with van der Waals surface area (Å²) in [7, 11) is 3.18. The number of hydrogen-bond acceptors (Lipinski definition) is 6. The Labute approximate surface area is 170 Å². The maximum atomic E-state index is 12.7. The van der Waals surface area contributed by atoms with Crippen LogP contribution in [0, 0.1) is 0 Å². The molecule has 1 aliphatic rings. The summed E-state index contributed by atoms with van der Waals surface area (Å²) in [5.74, 6) is 1.97. The van der Waals surface area contributed by atoms with Gasteiger partial charge in [-0.25, -0.2) is 9.78 Å². The number of hydrogen-bond donors (Lipinski definition) is 1. The van der Waals surface area contributed by atoms with Crippen molar-refractivity contribution >= 4 is 11.0 Å². The van der Waals surface area contributed by atoms with Crippen molar-refractivity contribution in [1.29, 1.82) is 0 Å². The molecule has 2 aromatic heterocycles. The van der Waals surface area contributed by atoms with Crippen molar-refractivity contribution < 1.29 is 14.2 Å². The zero-order chi connectivity index (χ0) is 20.8. The minimum atomic E-state index is -0.525. The second kappa shape index (κ2) is 6.77. The zero-order valence-electron chi connectivity index (χ0n) is 16.3. The third-order valence-corrected chi connectivity index (χ3v) is 5.14. The van der Waals surface area contributed by atoms with Crippen LogP contribution in [0.15, 0.2) is 58.1 Å². The lowest BCUT2D eigenvalue weighted by Crippen LogP contribution is -2.29. The number of aromatic nitrogens is 3. The van der Waals surface area contributed by atoms with Crippen LogP contribution in [-0.4, -0.2) is 28.4 Å². The molecule has 8 heteroatoms. The molecule has 2 aromatic carbocycles. The lowest BCUT2D eigenvalue weighted by Gasteiger charge is -2.12. The number of ether oxygens (including phenoxy) is 3. The van der Waals surface area contributed by atoms with Gasteiger partial charge < -0.3 is 14.2 Å². The molecule has 8 nitrogen and oxygen atoms in total. The fraction of sp³-hybridized carbons (Fsp3) is 0.136. The third kappa shape index (κ3) is 2.81. The van der Waals surface area contributed by atoms with Crippen LogP contribution in [0.1, 0.15) is 0 Å². The van der Waals surface area contributed by atoms with Crippen LogP contribution in [0.25, 0.3) is 33.4 Å². The average Bonchev–Trinajstić information content (AvgIpc) is 3.24. The first-order valence-corrected chi connectivity index (χ1v) is 9.23. The number of nitrogens with zero attached hydrogens (tertiary/aromatic N) is 2. The molecule has 0 saturated carbocycles. The Hall–Kier alpha value is -4.07. The molecule has 5 rings (SSSR count). The molecule has 150 valence electrons. The van der Waals surface area contributed by atoms with Gasteiger partial charge in [0.2, 0.25) is 6.79 Å². The molecule has 0 radical (unpaired) electrons. The van der Waals surface area contributed by atoms with E-state index in [0.717, 1.165) is 16.9 Å². The van der Waals surface area contributed by atoms with E-state index < -0.39 is 11.2 Å². The summed E-state index contributed by atoms with van der Waals surface area (Å²) in [6, 6.07) is 14.7. The molecule has 30 heavy (non-hydrogen) atoms. The van der Waals surface area contributed by atoms with E-state index in [4.69, 9.17) is 14.2 Å². The fourth-order valence-electron chi connectivity index (χ4n) is 3.54. The van der Waals surface area contributed by atoms with Crippen LogP contribution in [0.2, 0.25) is 0 Å². The van der Waals surface area contributed by atoms with Gasteiger partial charge in [0.15, 0.2) is 17.1 Å². The quantitative estimate of drug-likeness (QED) is 0.565. The molecule has 3 heterocycles. The Morgan fingerprint density at radius 2 is 1.73 bits per heavy atom. The number of fused-ring (bicyclic) bond motifs is 2. The summed E-state index contributed by atoms with van der Waals surface area (Å²) >= 11 is 0. The molecule has 4 aromatic rings. The maximum absolute atomic E-state index is 12.7. The largest absolute Gasteiger partial charge is 0.497 e. The van der Waals surface area contributed by atoms with Gasteiger partial charge in [0.1, 0.15) is 5.75 Å². The summed E-state index contributed by atoms with van der Waals surface area (Å²) in [4.78, 5) is 31.9. The summed E-state index contributed by atoms with van der Waals surface area (Å²) < 4.78 is 17.4. The van der Waals surface area contributed by atoms with E-state index >= 15 is 0 Å². The first-order chi connectivity index (χ1) is 14.5. The summed E-state index contributed by atoms with van der Waals surface area (Å²) in [6.07, 6.45) is 0. The van der Waals surface area contributed by atoms with Crippen molar-refractivity contribution in [2.75, 3.05) is 13.9 Å². The molecule has 0 amide bonds. The van der Waals surface area contributed by atoms with Gasteiger partial charge in [0.05, 0.1) is 18.2 Å². The van der Waals surface area contributed by atoms with Crippen molar-refractivity contribution in [3.05, 3.63) is 69.4 Å². The monoisotopic (exact) mass is 403 g/mol. The number of nitrogens with one attached hydrogen (secondary N) is 1. The Bertz CT molecular complexity index is 1400. The number of aromatic amines is 1. The Morgan fingerprint density at radius 3 is 2.50 bits per heavy atom. The number of methoxy groups -OCH3 is 1. The summed E-state index contributed by atoms with van der Waals surface area (Å²) in [5.41, 5.74) is 2.13. The van der Waals surface area contributed by atoms with Gasteiger partial charge in [-0.1, -0.05) is 6.07 Å². The predicted octanol–water partition coefficient (Wildman–Crippen LogP) is 2.69. The number of H-pyrrole nitrogens is 1. The molecule has 1 aliphatic heterocycles. The lowest BCUT2D eigenvalue weighted by molar-refractivity contribution is 0.174. The van der Waals surface area contributed by atoms with Crippen LogP contribution in [0.5, 0.6) is 17.2 Å². The second-order valence-electron chi connectivity index (χ2n) is 6.87. The molecule has 0 spiro atoms. The Balaban J connectivity index is 1.82. The minimum absolute atomic E-state index is 0.155. The minimum Gasteiger partial charge on any atom is -0.497 e. The topological polar surface area (TPSA) is 95.4 Å². The van der Waals surface area contributed by atoms with E-state index in [1.54, 1.807) is 20.2 Å². The van der Waals surface area contributed by atoms with Gasteiger partial charge in [-0.15, -0.1) is 0 Å². The first kappa shape index (κ1) is 18.0. The number of benzene rings is 2. The Kier molecular flexibility index (Phi) is 4.06. The highest BCUT2D eigenvalue weighted by atomic mass is 16.7. The third-order valence-electron chi connectivity index (χ3n) is 5.14. The second-order valence-corrected chi connectivity index (χ2v) is 6.87. The SMILES string of the molecule is COc1ccc(-c2cc(-c3ccc4c(c3)OCO4)c3c(=O)[nH]c(=O)n(C)c3n2)cc1. The summed E-state index contributed by atoms with van der Waals surface area (Å²) in [6.45, 7) is 0.155. The van der Waals surface area contributed by atoms with E-state index in [1.165, 1.54) is 4.57 Å². The van der Waals surface area contributed by atoms with Crippen molar-refractivity contribution in [3.63, 3.8) is 0 Å². The molecule has 0 bridgehead atoms. The van der Waals surface area contributed by atoms with Gasteiger partial charge in [-0.05, 0) is 48.0 Å². The highest BCUT2D eigenvalue weighted by Crippen LogP contribution is 2.38. The van der Waals surface area contributed by atoms with E-state index in [0.29, 0.717) is 33.8 Å². The van der Waals surface area contributed by atoms with Crippen molar-refractivity contribution in [2.45, 2.75) is 0 Å². The van der Waals surface area contributed by atoms with E-state index in [2.05, 4.69) is 9.97 Å². The standard InChI is InChI=1S/C22H17N3O5/c1-25-20-19(21(26)24-22(25)27)15(13-5-8-17-18(9-13)30-11-29-17)10-16(23-20)12-3-6-14(28-2)7-4-12/h3-10H,11H2,1-2H3,(H,24,26,27). The van der Waals surface area contributed by atoms with Crippen molar-refractivity contribution in [2.24, 2.45) is 7.05 Å². The van der Waals surface area contributed by atoms with Crippen LogP contribution in [0.3, 0.4) is 0 Å². The smallest absolute Gasteiger partial charge is 0.329 e. The van der Waals surface area contributed by atoms with Crippen LogP contribution >= 0.6 is 0 Å². The number of pyridine rings is 1. The maximum Gasteiger partial charge on any atom is 0.329 e. The van der Waals surface area contributed by atoms with Gasteiger partial charge in [0, 0.05) is 18.2 Å². The molecule has 0 unspecified atom stereocenters. The highest BCUT2D eigenvalue weighted by molar-refractivity contribution is 5.95. The van der Waals surface area contributed by atoms with Gasteiger partial charge in [0.25, 0.3) is 5.56 Å². The molecular weight excluding hydrogens is 386 g/mol. The number of aryl methyl sites for hydroxylation is 1. The number of rotatable bonds is 3. The molecule has 1 N–H and O–H groups in total. The van der Waals surface area contributed by atoms with Crippen LogP contribution in [0.4, 0.5) is 0 Å². The van der Waals surface area contributed by atoms with E-state index in [1.807, 2.05) is 42.5 Å². The van der Waals surface area contributed by atoms with E-state index in [9.17, 15) is 9.59 Å². The van der Waals surface area contributed by atoms with Crippen molar-refractivity contribution in [1.82, 2.24) is 14.5 Å². The van der Waals surface area contributed by atoms with E-state index in [-0.39, 0.29) is 6.79 Å². The van der Waals surface area contributed by atoms with Crippen molar-refractivity contribution in [3.8, 4) is 39.6 Å². The molecule has 0 aliphatic carbocycles. The van der Waals surface area contributed by atoms with Gasteiger partial charge in [-0.3, -0.25) is 14.3 Å². The Morgan fingerprint density at radius 1 is 1.00 bits per heavy atom. The molecule has 0 saturated heterocycles. The molecular formula is C22H17N3O5. The molecule has 0 fully saturated rings. The predicted molar refractivity (Wildman–Crippen MR) is 111 cm³/mol. The van der Waals surface area contributed by atoms with Crippen LogP contribution < -0.4 is 25.5 Å². The molecule has 0 atom stereocenters.